The molecular weight excluding hydrogens is 219 g/mol. The molecule has 17 heavy (non-hydrogen) atoms. The molecule has 2 rings (SSSR count). The Morgan fingerprint density at radius 1 is 1.12 bits per heavy atom. The van der Waals surface area contributed by atoms with Crippen molar-refractivity contribution in [3.8, 4) is 0 Å². The van der Waals surface area contributed by atoms with E-state index in [0.29, 0.717) is 25.2 Å². The Hall–Kier alpha value is -0.930. The summed E-state index contributed by atoms with van der Waals surface area (Å²) in [6, 6.07) is 6.44. The number of ether oxygens (including phenoxy) is 1. The first-order valence-electron chi connectivity index (χ1n) is 6.25. The molecule has 0 radical (unpaired) electrons. The van der Waals surface area contributed by atoms with Gasteiger partial charge in [0.25, 0.3) is 0 Å². The maximum Gasteiger partial charge on any atom is 0.123 e. The monoisotopic (exact) mass is 238 g/mol. The summed E-state index contributed by atoms with van der Waals surface area (Å²) in [5.41, 5.74) is 1.01. The summed E-state index contributed by atoms with van der Waals surface area (Å²) >= 11 is 0. The molecule has 94 valence electrons. The number of rotatable bonds is 4. The number of hydrogen-bond acceptors (Lipinski definition) is 2. The highest BCUT2D eigenvalue weighted by Crippen LogP contribution is 2.26. The third-order valence-corrected chi connectivity index (χ3v) is 3.45. The van der Waals surface area contributed by atoms with E-state index in [0.717, 1.165) is 31.2 Å². The summed E-state index contributed by atoms with van der Waals surface area (Å²) in [5, 5.41) is 9.03. The minimum Gasteiger partial charge on any atom is -0.396 e. The van der Waals surface area contributed by atoms with Crippen LogP contribution in [-0.2, 0) is 11.3 Å². The van der Waals surface area contributed by atoms with Gasteiger partial charge in [0.15, 0.2) is 0 Å². The Kier molecular flexibility index (Phi) is 4.51. The number of hydrogen-bond donors (Lipinski definition) is 1. The number of halogens is 1. The van der Waals surface area contributed by atoms with Crippen LogP contribution in [0.3, 0.4) is 0 Å². The Bertz CT molecular complexity index is 329. The zero-order valence-electron chi connectivity index (χ0n) is 9.94. The first-order valence-corrected chi connectivity index (χ1v) is 6.25. The molecule has 1 saturated carbocycles. The van der Waals surface area contributed by atoms with Crippen LogP contribution in [0.15, 0.2) is 24.3 Å². The fourth-order valence-electron chi connectivity index (χ4n) is 2.28. The van der Waals surface area contributed by atoms with E-state index in [1.807, 2.05) is 0 Å². The van der Waals surface area contributed by atoms with Gasteiger partial charge in [0.05, 0.1) is 12.7 Å². The largest absolute Gasteiger partial charge is 0.396 e. The summed E-state index contributed by atoms with van der Waals surface area (Å²) in [6.07, 6.45) is 4.43. The van der Waals surface area contributed by atoms with Crippen molar-refractivity contribution >= 4 is 0 Å². The Balaban J connectivity index is 1.74. The molecule has 3 heteroatoms. The normalized spacial score (nSPS) is 24.8. The molecule has 1 aliphatic carbocycles. The van der Waals surface area contributed by atoms with E-state index in [1.54, 1.807) is 12.1 Å². The standard InChI is InChI=1S/C14H19FO2/c15-13-5-1-12(2-6-13)10-17-14-7-3-11(9-16)4-8-14/h1-2,5-6,11,14,16H,3-4,7-10H2. The van der Waals surface area contributed by atoms with Crippen molar-refractivity contribution in [2.75, 3.05) is 6.61 Å². The molecular formula is C14H19FO2. The maximum absolute atomic E-state index is 12.7. The molecule has 0 aliphatic heterocycles. The van der Waals surface area contributed by atoms with E-state index in [4.69, 9.17) is 9.84 Å². The van der Waals surface area contributed by atoms with Crippen LogP contribution < -0.4 is 0 Å². The average Bonchev–Trinajstić information content (AvgIpc) is 2.39. The Morgan fingerprint density at radius 2 is 1.76 bits per heavy atom. The van der Waals surface area contributed by atoms with Crippen molar-refractivity contribution in [2.24, 2.45) is 5.92 Å². The van der Waals surface area contributed by atoms with E-state index < -0.39 is 0 Å². The first kappa shape index (κ1) is 12.5. The van der Waals surface area contributed by atoms with Gasteiger partial charge >= 0.3 is 0 Å². The van der Waals surface area contributed by atoms with Crippen molar-refractivity contribution in [3.63, 3.8) is 0 Å². The molecule has 0 saturated heterocycles. The van der Waals surface area contributed by atoms with Gasteiger partial charge in [-0.25, -0.2) is 4.39 Å². The van der Waals surface area contributed by atoms with Crippen LogP contribution in [0.4, 0.5) is 4.39 Å². The Morgan fingerprint density at radius 3 is 2.35 bits per heavy atom. The van der Waals surface area contributed by atoms with Crippen LogP contribution in [-0.4, -0.2) is 17.8 Å². The second-order valence-electron chi connectivity index (χ2n) is 4.76. The minimum atomic E-state index is -0.211. The molecule has 0 atom stereocenters. The van der Waals surface area contributed by atoms with Crippen LogP contribution in [0.2, 0.25) is 0 Å². The Labute approximate surface area is 101 Å². The number of aliphatic hydroxyl groups excluding tert-OH is 1. The summed E-state index contributed by atoms with van der Waals surface area (Å²) in [5.74, 6) is 0.248. The smallest absolute Gasteiger partial charge is 0.123 e. The summed E-state index contributed by atoms with van der Waals surface area (Å²) in [6.45, 7) is 0.847. The van der Waals surface area contributed by atoms with E-state index in [-0.39, 0.29) is 5.82 Å². The molecule has 1 aromatic carbocycles. The van der Waals surface area contributed by atoms with Gasteiger partial charge in [0.2, 0.25) is 0 Å². The zero-order chi connectivity index (χ0) is 12.1. The fraction of sp³-hybridized carbons (Fsp3) is 0.571. The maximum atomic E-state index is 12.7. The molecule has 1 fully saturated rings. The predicted molar refractivity (Wildman–Crippen MR) is 64.0 cm³/mol. The van der Waals surface area contributed by atoms with Crippen molar-refractivity contribution < 1.29 is 14.2 Å². The lowest BCUT2D eigenvalue weighted by molar-refractivity contribution is 0.00119. The van der Waals surface area contributed by atoms with Crippen molar-refractivity contribution in [3.05, 3.63) is 35.6 Å². The highest BCUT2D eigenvalue weighted by atomic mass is 19.1. The fourth-order valence-corrected chi connectivity index (χ4v) is 2.28. The van der Waals surface area contributed by atoms with Gasteiger partial charge in [0, 0.05) is 6.61 Å². The van der Waals surface area contributed by atoms with Crippen LogP contribution in [0.5, 0.6) is 0 Å². The molecule has 0 amide bonds. The lowest BCUT2D eigenvalue weighted by Crippen LogP contribution is -2.23. The molecule has 0 heterocycles. The summed E-state index contributed by atoms with van der Waals surface area (Å²) < 4.78 is 18.5. The molecule has 0 spiro atoms. The molecule has 1 aromatic rings. The average molecular weight is 238 g/mol. The van der Waals surface area contributed by atoms with E-state index in [9.17, 15) is 4.39 Å². The van der Waals surface area contributed by atoms with Crippen LogP contribution in [0, 0.1) is 11.7 Å². The van der Waals surface area contributed by atoms with Gasteiger partial charge in [-0.05, 0) is 49.3 Å². The number of benzene rings is 1. The van der Waals surface area contributed by atoms with Crippen LogP contribution in [0.25, 0.3) is 0 Å². The van der Waals surface area contributed by atoms with Crippen LogP contribution >= 0.6 is 0 Å². The molecule has 1 aliphatic rings. The third-order valence-electron chi connectivity index (χ3n) is 3.45. The third kappa shape index (κ3) is 3.79. The second-order valence-corrected chi connectivity index (χ2v) is 4.76. The van der Waals surface area contributed by atoms with Crippen molar-refractivity contribution in [2.45, 2.75) is 38.4 Å². The van der Waals surface area contributed by atoms with Gasteiger partial charge in [0.1, 0.15) is 5.82 Å². The SMILES string of the molecule is OCC1CCC(OCc2ccc(F)cc2)CC1. The van der Waals surface area contributed by atoms with Gasteiger partial charge in [-0.2, -0.15) is 0 Å². The number of aliphatic hydroxyl groups is 1. The highest BCUT2D eigenvalue weighted by Gasteiger charge is 2.20. The highest BCUT2D eigenvalue weighted by molar-refractivity contribution is 5.14. The minimum absolute atomic E-state index is 0.211. The predicted octanol–water partition coefficient (Wildman–Crippen LogP) is 2.89. The summed E-state index contributed by atoms with van der Waals surface area (Å²) in [4.78, 5) is 0. The molecule has 1 N–H and O–H groups in total. The summed E-state index contributed by atoms with van der Waals surface area (Å²) in [7, 11) is 0. The topological polar surface area (TPSA) is 29.5 Å². The van der Waals surface area contributed by atoms with Gasteiger partial charge in [-0.3, -0.25) is 0 Å². The van der Waals surface area contributed by atoms with E-state index >= 15 is 0 Å². The zero-order valence-corrected chi connectivity index (χ0v) is 9.94. The first-order chi connectivity index (χ1) is 8.28. The van der Waals surface area contributed by atoms with Crippen LogP contribution in [0.1, 0.15) is 31.2 Å². The van der Waals surface area contributed by atoms with Crippen molar-refractivity contribution in [1.82, 2.24) is 0 Å². The quantitative estimate of drug-likeness (QED) is 0.874. The molecule has 0 aromatic heterocycles. The molecule has 2 nitrogen and oxygen atoms in total. The van der Waals surface area contributed by atoms with Gasteiger partial charge in [-0.15, -0.1) is 0 Å². The van der Waals surface area contributed by atoms with Gasteiger partial charge < -0.3 is 9.84 Å². The lowest BCUT2D eigenvalue weighted by Gasteiger charge is -2.27. The molecule has 0 unspecified atom stereocenters. The van der Waals surface area contributed by atoms with E-state index in [2.05, 4.69) is 0 Å². The van der Waals surface area contributed by atoms with E-state index in [1.165, 1.54) is 12.1 Å². The lowest BCUT2D eigenvalue weighted by atomic mass is 9.88. The van der Waals surface area contributed by atoms with Crippen molar-refractivity contribution in [1.29, 1.82) is 0 Å². The van der Waals surface area contributed by atoms with Gasteiger partial charge in [-0.1, -0.05) is 12.1 Å². The molecule has 0 bridgehead atoms. The second kappa shape index (κ2) is 6.12.